The largest absolute Gasteiger partial charge is 0.459 e. The molecule has 1 saturated heterocycles. The molecule has 8 nitrogen and oxygen atoms in total. The van der Waals surface area contributed by atoms with E-state index in [0.29, 0.717) is 6.07 Å². The van der Waals surface area contributed by atoms with Crippen LogP contribution >= 0.6 is 12.2 Å². The van der Waals surface area contributed by atoms with Crippen LogP contribution in [0.3, 0.4) is 0 Å². The molecule has 3 rings (SSSR count). The summed E-state index contributed by atoms with van der Waals surface area (Å²) >= 11 is 5.38. The number of hydrogen-bond acceptors (Lipinski definition) is 7. The summed E-state index contributed by atoms with van der Waals surface area (Å²) < 4.78 is 59.9. The topological polar surface area (TPSA) is 114 Å². The zero-order valence-corrected chi connectivity index (χ0v) is 19.7. The fourth-order valence-corrected chi connectivity index (χ4v) is 4.09. The van der Waals surface area contributed by atoms with Crippen molar-refractivity contribution >= 4 is 40.6 Å². The maximum atomic E-state index is 14.8. The normalized spacial score (nSPS) is 16.2. The molecule has 0 spiro atoms. The number of nitrogens with zero attached hydrogens (tertiary/aromatic N) is 3. The Labute approximate surface area is 207 Å². The molecule has 0 aromatic heterocycles. The molecule has 36 heavy (non-hydrogen) atoms. The van der Waals surface area contributed by atoms with Gasteiger partial charge in [0.1, 0.15) is 24.1 Å². The van der Waals surface area contributed by atoms with Crippen LogP contribution in [0.2, 0.25) is 0 Å². The Balaban J connectivity index is 1.98. The number of amides is 1. The van der Waals surface area contributed by atoms with E-state index < -0.39 is 65.4 Å². The van der Waals surface area contributed by atoms with E-state index in [9.17, 15) is 32.3 Å². The highest BCUT2D eigenvalue weighted by atomic mass is 32.1. The molecule has 0 bridgehead atoms. The predicted octanol–water partition coefficient (Wildman–Crippen LogP) is 3.14. The summed E-state index contributed by atoms with van der Waals surface area (Å²) in [5, 5.41) is 26.8. The van der Waals surface area contributed by atoms with E-state index in [4.69, 9.17) is 27.3 Å². The number of aliphatic hydroxyl groups is 2. The maximum Gasteiger partial charge on any atom is 0.417 e. The lowest BCUT2D eigenvalue weighted by Crippen LogP contribution is -2.44. The lowest BCUT2D eigenvalue weighted by Gasteiger charge is -2.29. The molecule has 1 fully saturated rings. The van der Waals surface area contributed by atoms with E-state index in [2.05, 4.69) is 0 Å². The second-order valence-electron chi connectivity index (χ2n) is 8.26. The molecule has 0 unspecified atom stereocenters. The van der Waals surface area contributed by atoms with E-state index in [0.717, 1.165) is 29.2 Å². The van der Waals surface area contributed by atoms with Crippen LogP contribution in [0.4, 0.5) is 28.9 Å². The van der Waals surface area contributed by atoms with E-state index in [1.54, 1.807) is 0 Å². The predicted molar refractivity (Wildman–Crippen MR) is 123 cm³/mol. The minimum absolute atomic E-state index is 0.0370. The first-order valence-corrected chi connectivity index (χ1v) is 10.7. The third-order valence-corrected chi connectivity index (χ3v) is 5.77. The smallest absolute Gasteiger partial charge is 0.417 e. The molecule has 13 heteroatoms. The van der Waals surface area contributed by atoms with Gasteiger partial charge in [0.05, 0.1) is 35.1 Å². The monoisotopic (exact) mass is 525 g/mol. The number of alkyl halides is 3. The molecule has 2 aromatic carbocycles. The van der Waals surface area contributed by atoms with Crippen molar-refractivity contribution in [3.05, 3.63) is 58.9 Å². The number of rotatable bonds is 6. The van der Waals surface area contributed by atoms with Crippen LogP contribution in [-0.2, 0) is 15.7 Å². The average Bonchev–Trinajstić information content (AvgIpc) is 2.99. The Morgan fingerprint density at radius 2 is 1.86 bits per heavy atom. The number of benzene rings is 2. The van der Waals surface area contributed by atoms with Crippen molar-refractivity contribution in [2.75, 3.05) is 23.0 Å². The number of anilines is 2. The number of thiocarbonyl (C=S) groups is 1. The van der Waals surface area contributed by atoms with Crippen LogP contribution in [0.25, 0.3) is 0 Å². The molecule has 2 N–H and O–H groups in total. The fourth-order valence-electron chi connectivity index (χ4n) is 3.57. The second kappa shape index (κ2) is 9.81. The van der Waals surface area contributed by atoms with Crippen molar-refractivity contribution < 1.29 is 42.1 Å². The summed E-state index contributed by atoms with van der Waals surface area (Å²) in [5.74, 6) is -2.85. The van der Waals surface area contributed by atoms with Crippen LogP contribution in [-0.4, -0.2) is 52.1 Å². The van der Waals surface area contributed by atoms with Gasteiger partial charge in [-0.2, -0.15) is 18.4 Å². The van der Waals surface area contributed by atoms with Gasteiger partial charge in [-0.3, -0.25) is 9.69 Å². The first-order chi connectivity index (χ1) is 16.7. The Morgan fingerprint density at radius 1 is 1.22 bits per heavy atom. The molecule has 0 aliphatic carbocycles. The molecule has 190 valence electrons. The summed E-state index contributed by atoms with van der Waals surface area (Å²) in [7, 11) is 0. The van der Waals surface area contributed by atoms with Gasteiger partial charge >= 0.3 is 12.1 Å². The standard InChI is InChI=1S/C23H19F4N3O5S/c1-22(2)20(34)29(13-4-3-12(9-28)17(7-13)23(25,26)27)21(36)30(22)14-5-6-16(18(24)8-14)19(33)35-11-15(32)10-31/h3-8,15,31-32H,10-11H2,1-2H3/t15-/m1/s1. The average molecular weight is 525 g/mol. The number of ether oxygens (including phenoxy) is 1. The van der Waals surface area contributed by atoms with E-state index in [1.165, 1.54) is 30.9 Å². The number of esters is 1. The number of nitriles is 1. The number of aliphatic hydroxyl groups excluding tert-OH is 2. The molecule has 1 amide bonds. The van der Waals surface area contributed by atoms with Crippen molar-refractivity contribution in [1.82, 2.24) is 0 Å². The summed E-state index contributed by atoms with van der Waals surface area (Å²) in [6, 6.07) is 7.42. The van der Waals surface area contributed by atoms with Crippen LogP contribution in [0, 0.1) is 17.1 Å². The zero-order valence-electron chi connectivity index (χ0n) is 18.8. The van der Waals surface area contributed by atoms with Crippen molar-refractivity contribution in [2.45, 2.75) is 31.7 Å². The van der Waals surface area contributed by atoms with Crippen LogP contribution < -0.4 is 9.80 Å². The number of halogens is 4. The molecule has 1 heterocycles. The van der Waals surface area contributed by atoms with Crippen molar-refractivity contribution in [2.24, 2.45) is 0 Å². The highest BCUT2D eigenvalue weighted by molar-refractivity contribution is 7.81. The van der Waals surface area contributed by atoms with Gasteiger partial charge in [-0.25, -0.2) is 9.18 Å². The van der Waals surface area contributed by atoms with Gasteiger partial charge in [-0.05, 0) is 62.5 Å². The SMILES string of the molecule is CC1(C)C(=O)N(c2ccc(C#N)c(C(F)(F)F)c2)C(=S)N1c1ccc(C(=O)OC[C@H](O)CO)c(F)c1. The molecule has 1 atom stereocenters. The van der Waals surface area contributed by atoms with Crippen molar-refractivity contribution in [1.29, 1.82) is 5.26 Å². The molecule has 0 radical (unpaired) electrons. The van der Waals surface area contributed by atoms with Gasteiger partial charge in [0.15, 0.2) is 5.11 Å². The fraction of sp³-hybridized carbons (Fsp3) is 0.304. The van der Waals surface area contributed by atoms with E-state index >= 15 is 0 Å². The lowest BCUT2D eigenvalue weighted by molar-refractivity contribution is -0.137. The van der Waals surface area contributed by atoms with Gasteiger partial charge in [-0.15, -0.1) is 0 Å². The summed E-state index contributed by atoms with van der Waals surface area (Å²) in [6.07, 6.45) is -6.20. The summed E-state index contributed by atoms with van der Waals surface area (Å²) in [5.41, 5.74) is -4.00. The quantitative estimate of drug-likeness (QED) is 0.336. The molecular weight excluding hydrogens is 506 g/mol. The summed E-state index contributed by atoms with van der Waals surface area (Å²) in [4.78, 5) is 27.4. The van der Waals surface area contributed by atoms with Gasteiger partial charge in [-0.1, -0.05) is 0 Å². The first kappa shape index (κ1) is 27.0. The highest BCUT2D eigenvalue weighted by Crippen LogP contribution is 2.39. The van der Waals surface area contributed by atoms with Crippen molar-refractivity contribution in [3.8, 4) is 6.07 Å². The highest BCUT2D eigenvalue weighted by Gasteiger charge is 2.51. The lowest BCUT2D eigenvalue weighted by atomic mass is 10.0. The molecule has 0 saturated carbocycles. The van der Waals surface area contributed by atoms with E-state index in [1.807, 2.05) is 0 Å². The number of hydrogen-bond donors (Lipinski definition) is 2. The van der Waals surface area contributed by atoms with E-state index in [-0.39, 0.29) is 16.5 Å². The Hall–Kier alpha value is -3.60. The second-order valence-corrected chi connectivity index (χ2v) is 8.62. The Morgan fingerprint density at radius 3 is 2.42 bits per heavy atom. The first-order valence-electron chi connectivity index (χ1n) is 10.3. The maximum absolute atomic E-state index is 14.8. The Bertz CT molecular complexity index is 1280. The summed E-state index contributed by atoms with van der Waals surface area (Å²) in [6.45, 7) is 1.65. The number of carbonyl (C=O) groups excluding carboxylic acids is 2. The van der Waals surface area contributed by atoms with Crippen LogP contribution in [0.5, 0.6) is 0 Å². The molecule has 1 aliphatic rings. The number of carbonyl (C=O) groups is 2. The molecular formula is C23H19F4N3O5S. The third kappa shape index (κ3) is 4.88. The zero-order chi connectivity index (χ0) is 27.0. The van der Waals surface area contributed by atoms with Gasteiger partial charge in [0.25, 0.3) is 5.91 Å². The molecule has 1 aliphatic heterocycles. The van der Waals surface area contributed by atoms with Crippen LogP contribution in [0.1, 0.15) is 35.3 Å². The van der Waals surface area contributed by atoms with Gasteiger partial charge < -0.3 is 19.8 Å². The van der Waals surface area contributed by atoms with Gasteiger partial charge in [0, 0.05) is 5.69 Å². The molecule has 2 aromatic rings. The van der Waals surface area contributed by atoms with Crippen LogP contribution in [0.15, 0.2) is 36.4 Å². The van der Waals surface area contributed by atoms with Gasteiger partial charge in [0.2, 0.25) is 0 Å². The Kier molecular flexibility index (Phi) is 7.35. The third-order valence-electron chi connectivity index (χ3n) is 5.40. The minimum atomic E-state index is -4.86. The minimum Gasteiger partial charge on any atom is -0.459 e. The van der Waals surface area contributed by atoms with Crippen molar-refractivity contribution in [3.63, 3.8) is 0 Å².